The first-order chi connectivity index (χ1) is 23.1. The number of rotatable bonds is 8. The summed E-state index contributed by atoms with van der Waals surface area (Å²) in [5, 5.41) is 19.1. The number of hydrogen-bond donors (Lipinski definition) is 6. The molecule has 0 amide bonds. The van der Waals surface area contributed by atoms with Crippen LogP contribution in [0.4, 0.5) is 0 Å². The molecule has 0 spiro atoms. The third kappa shape index (κ3) is 6.68. The van der Waals surface area contributed by atoms with Gasteiger partial charge in [0.1, 0.15) is 9.79 Å². The van der Waals surface area contributed by atoms with E-state index in [1.807, 2.05) is 0 Å². The van der Waals surface area contributed by atoms with E-state index in [0.29, 0.717) is 28.0 Å². The minimum atomic E-state index is -4.95. The van der Waals surface area contributed by atoms with Gasteiger partial charge in [-0.05, 0) is 138 Å². The number of aromatic amines is 2. The average molecular weight is 986 g/mol. The highest BCUT2D eigenvalue weighted by Gasteiger charge is 2.31. The largest absolute Gasteiger partial charge is 0.481 e. The quantitative estimate of drug-likeness (QED) is 0.118. The van der Waals surface area contributed by atoms with Crippen molar-refractivity contribution in [2.45, 2.75) is 63.2 Å². The van der Waals surface area contributed by atoms with Crippen LogP contribution in [0.1, 0.15) is 73.4 Å². The smallest absolute Gasteiger partial charge is 0.303 e. The number of nitrogens with one attached hydrogen (secondary N) is 2. The zero-order valence-corrected chi connectivity index (χ0v) is 34.3. The van der Waals surface area contributed by atoms with Crippen molar-refractivity contribution >= 4 is 140 Å². The number of carboxylic acids is 2. The van der Waals surface area contributed by atoms with Crippen molar-refractivity contribution in [3.8, 4) is 0 Å². The second kappa shape index (κ2) is 13.7. The number of halogens is 4. The van der Waals surface area contributed by atoms with E-state index in [2.05, 4.69) is 73.7 Å². The predicted octanol–water partition coefficient (Wildman–Crippen LogP) is 8.07. The van der Waals surface area contributed by atoms with Crippen molar-refractivity contribution in [3.05, 3.63) is 51.8 Å². The Labute approximate surface area is 318 Å². The minimum absolute atomic E-state index is 0.00770. The van der Waals surface area contributed by atoms with Crippen molar-refractivity contribution in [2.24, 2.45) is 0 Å². The molecule has 0 unspecified atom stereocenters. The van der Waals surface area contributed by atoms with Crippen LogP contribution in [0.2, 0.25) is 0 Å². The number of fused-ring (bicyclic) bond motifs is 8. The highest BCUT2D eigenvalue weighted by molar-refractivity contribution is 9.11. The lowest BCUT2D eigenvalue weighted by molar-refractivity contribution is -0.137. The summed E-state index contributed by atoms with van der Waals surface area (Å²) in [5.74, 6) is -2.15. The van der Waals surface area contributed by atoms with Crippen LogP contribution in [0.25, 0.3) is 44.4 Å². The van der Waals surface area contributed by atoms with E-state index in [9.17, 15) is 45.7 Å². The number of nitrogens with zero attached hydrogens (tertiary/aromatic N) is 2. The fourth-order valence-corrected chi connectivity index (χ4v) is 10.9. The molecule has 20 heteroatoms. The van der Waals surface area contributed by atoms with Crippen LogP contribution in [0.5, 0.6) is 0 Å². The lowest BCUT2D eigenvalue weighted by Crippen LogP contribution is -2.00. The van der Waals surface area contributed by atoms with Gasteiger partial charge in [-0.3, -0.25) is 18.7 Å². The molecule has 3 aromatic heterocycles. The Hall–Kier alpha value is -2.72. The Kier molecular flexibility index (Phi) is 10.5. The Morgan fingerprint density at radius 1 is 0.580 bits per heavy atom. The summed E-state index contributed by atoms with van der Waals surface area (Å²) in [6.45, 7) is 6.20. The van der Waals surface area contributed by atoms with E-state index in [4.69, 9.17) is 9.97 Å². The first kappa shape index (κ1) is 38.5. The van der Waals surface area contributed by atoms with Crippen molar-refractivity contribution in [1.82, 2.24) is 19.9 Å². The molecule has 0 radical (unpaired) electrons. The summed E-state index contributed by atoms with van der Waals surface area (Å²) < 4.78 is 72.8. The molecule has 3 aromatic rings. The van der Waals surface area contributed by atoms with E-state index in [1.165, 1.54) is 13.8 Å². The molecule has 5 rings (SSSR count). The lowest BCUT2D eigenvalue weighted by Gasteiger charge is -2.08. The maximum Gasteiger partial charge on any atom is 0.303 e. The second-order valence-corrected chi connectivity index (χ2v) is 17.4. The fourth-order valence-electron chi connectivity index (χ4n) is 6.05. The minimum Gasteiger partial charge on any atom is -0.481 e. The highest BCUT2D eigenvalue weighted by Crippen LogP contribution is 2.47. The topological polar surface area (TPSA) is 241 Å². The van der Waals surface area contributed by atoms with Gasteiger partial charge in [-0.1, -0.05) is 0 Å². The Bertz CT molecular complexity index is 2540. The molecule has 0 fully saturated rings. The molecule has 0 saturated heterocycles. The monoisotopic (exact) mass is 982 g/mol. The summed E-state index contributed by atoms with van der Waals surface area (Å²) in [5.41, 5.74) is 2.95. The third-order valence-electron chi connectivity index (χ3n) is 8.42. The summed E-state index contributed by atoms with van der Waals surface area (Å²) in [6, 6.07) is 0. The molecule has 50 heavy (non-hydrogen) atoms. The molecule has 0 aromatic carbocycles. The molecule has 14 nitrogen and oxygen atoms in total. The Morgan fingerprint density at radius 3 is 1.28 bits per heavy atom. The van der Waals surface area contributed by atoms with E-state index >= 15 is 0 Å². The molecule has 6 N–H and O–H groups in total. The first-order valence-corrected chi connectivity index (χ1v) is 20.4. The average Bonchev–Trinajstić information content (AvgIpc) is 3.73. The van der Waals surface area contributed by atoms with Crippen LogP contribution in [0.3, 0.4) is 0 Å². The van der Waals surface area contributed by atoms with Gasteiger partial charge in [0.05, 0.1) is 62.7 Å². The molecule has 5 heterocycles. The van der Waals surface area contributed by atoms with Gasteiger partial charge in [-0.15, -0.1) is 0 Å². The van der Waals surface area contributed by atoms with Crippen LogP contribution < -0.4 is 0 Å². The fraction of sp³-hybridized carbons (Fsp3) is 0.267. The van der Waals surface area contributed by atoms with Crippen molar-refractivity contribution in [3.63, 3.8) is 0 Å². The molecule has 0 saturated carbocycles. The number of aliphatic carboxylic acids is 2. The normalized spacial score (nSPS) is 13.8. The van der Waals surface area contributed by atoms with E-state index < -0.39 is 42.0 Å². The van der Waals surface area contributed by atoms with Crippen molar-refractivity contribution in [1.29, 1.82) is 0 Å². The number of aryl methyl sites for hydroxylation is 2. The highest BCUT2D eigenvalue weighted by atomic mass is 79.9. The zero-order valence-electron chi connectivity index (χ0n) is 26.3. The van der Waals surface area contributed by atoms with Gasteiger partial charge in [0.25, 0.3) is 20.2 Å². The van der Waals surface area contributed by atoms with Crippen LogP contribution in [-0.2, 0) is 29.8 Å². The van der Waals surface area contributed by atoms with Crippen LogP contribution in [0.15, 0.2) is 27.7 Å². The van der Waals surface area contributed by atoms with Gasteiger partial charge >= 0.3 is 11.9 Å². The number of H-pyrrole nitrogens is 2. The molecule has 2 aliphatic rings. The second-order valence-electron chi connectivity index (χ2n) is 11.5. The first-order valence-electron chi connectivity index (χ1n) is 14.4. The van der Waals surface area contributed by atoms with Gasteiger partial charge < -0.3 is 20.2 Å². The molecule has 266 valence electrons. The summed E-state index contributed by atoms with van der Waals surface area (Å²) in [6.07, 6.45) is -0.519. The van der Waals surface area contributed by atoms with Gasteiger partial charge in [0, 0.05) is 12.8 Å². The summed E-state index contributed by atoms with van der Waals surface area (Å²) in [4.78, 5) is 37.9. The van der Waals surface area contributed by atoms with Crippen LogP contribution in [0, 0.1) is 13.8 Å². The molecular weight excluding hydrogens is 960 g/mol. The predicted molar refractivity (Wildman–Crippen MR) is 200 cm³/mol. The number of carbonyl (C=O) groups is 2. The Balaban J connectivity index is 2.17. The zero-order chi connectivity index (χ0) is 37.4. The number of carboxylic acid groups (broad SMARTS) is 2. The maximum atomic E-state index is 12.9. The summed E-state index contributed by atoms with van der Waals surface area (Å²) >= 11 is 14.0. The molecule has 2 aliphatic heterocycles. The van der Waals surface area contributed by atoms with Gasteiger partial charge in [0.2, 0.25) is 0 Å². The van der Waals surface area contributed by atoms with E-state index in [1.54, 1.807) is 13.8 Å². The van der Waals surface area contributed by atoms with E-state index in [0.717, 1.165) is 0 Å². The van der Waals surface area contributed by atoms with Crippen molar-refractivity contribution in [2.75, 3.05) is 0 Å². The number of aromatic nitrogens is 4. The van der Waals surface area contributed by atoms with E-state index in [-0.39, 0.29) is 93.8 Å². The lowest BCUT2D eigenvalue weighted by atomic mass is 9.98. The Morgan fingerprint density at radius 2 is 0.920 bits per heavy atom. The molecule has 8 bridgehead atoms. The summed E-state index contributed by atoms with van der Waals surface area (Å²) in [7, 11) is -9.88. The molecule has 0 atom stereocenters. The van der Waals surface area contributed by atoms with Crippen molar-refractivity contribution < 1.29 is 45.7 Å². The van der Waals surface area contributed by atoms with Gasteiger partial charge in [-0.25, -0.2) is 9.97 Å². The molecule has 0 aliphatic carbocycles. The van der Waals surface area contributed by atoms with Crippen LogP contribution >= 0.6 is 63.7 Å². The van der Waals surface area contributed by atoms with Gasteiger partial charge in [0.15, 0.2) is 0 Å². The number of allylic oxidation sites excluding steroid dienone is 4. The SMILES string of the molecule is CC1=C(CCC(=O)O)c2nc1c(Br)c1[nH]c(c(S(=O)(=O)O)c1C)c(Br)c1[nH]c(c(Br)c3nc(c2Br)C(CCC(=O)O)=C3C)c(S(=O)(=O)O)c1C. The maximum absolute atomic E-state index is 12.9. The van der Waals surface area contributed by atoms with Gasteiger partial charge in [-0.2, -0.15) is 16.8 Å². The third-order valence-corrected chi connectivity index (χ3v) is 13.6. The number of hydrogen-bond acceptors (Lipinski definition) is 8. The standard InChI is InChI=1S/C30H26Br4N4O10S2/c1-9-13(5-7-15(39)40)25-20(34)26-14(6-8-16(41)42)10(2)22(36-26)18(32)27-30(50(46,47)48)12(4)24(38-27)19(33)28-29(49(43,44)45)11(3)23(37-28)17(31)21(9)35-25/h37-38H,5-8H2,1-4H3,(H,39,40)(H,41,42)(H,43,44,45)(H,46,47,48). The van der Waals surface area contributed by atoms with Crippen LogP contribution in [-0.4, -0.2) is 68.0 Å². The molecular formula is C30H26Br4N4O10S2.